The first-order chi connectivity index (χ1) is 16.6. The molecular weight excluding hydrogens is 430 g/mol. The Labute approximate surface area is 195 Å². The van der Waals surface area contributed by atoms with Gasteiger partial charge in [-0.2, -0.15) is 0 Å². The molecule has 0 atom stereocenters. The summed E-state index contributed by atoms with van der Waals surface area (Å²) >= 11 is 0. The van der Waals surface area contributed by atoms with E-state index in [4.69, 9.17) is 0 Å². The molecule has 0 saturated carbocycles. The molecule has 0 bridgehead atoms. The predicted molar refractivity (Wildman–Crippen MR) is 131 cm³/mol. The van der Waals surface area contributed by atoms with Crippen LogP contribution < -0.4 is 10.6 Å². The van der Waals surface area contributed by atoms with E-state index in [-0.39, 0.29) is 11.4 Å². The second-order valence-corrected chi connectivity index (χ2v) is 7.65. The summed E-state index contributed by atoms with van der Waals surface area (Å²) < 4.78 is 3.83. The highest BCUT2D eigenvalue weighted by Crippen LogP contribution is 2.21. The zero-order valence-electron chi connectivity index (χ0n) is 18.8. The van der Waals surface area contributed by atoms with Crippen molar-refractivity contribution in [2.75, 3.05) is 10.6 Å². The summed E-state index contributed by atoms with van der Waals surface area (Å²) in [5, 5.41) is 5.64. The van der Waals surface area contributed by atoms with Gasteiger partial charge in [-0.05, 0) is 50.2 Å². The van der Waals surface area contributed by atoms with Crippen molar-refractivity contribution in [3.05, 3.63) is 78.1 Å². The summed E-state index contributed by atoms with van der Waals surface area (Å²) in [6.07, 6.45) is 0. The summed E-state index contributed by atoms with van der Waals surface area (Å²) in [7, 11) is 0. The van der Waals surface area contributed by atoms with Crippen molar-refractivity contribution in [3.8, 4) is 0 Å². The molecule has 0 unspecified atom stereocenters. The Morgan fingerprint density at radius 2 is 1.09 bits per heavy atom. The lowest BCUT2D eigenvalue weighted by Gasteiger charge is -2.09. The number of anilines is 2. The van der Waals surface area contributed by atoms with Gasteiger partial charge in [0.2, 0.25) is 11.9 Å². The minimum absolute atomic E-state index is 0.117. The molecule has 0 aliphatic carbocycles. The van der Waals surface area contributed by atoms with Crippen molar-refractivity contribution in [2.24, 2.45) is 0 Å². The molecular formula is C25H23N7O2. The third-order valence-corrected chi connectivity index (χ3v) is 5.61. The van der Waals surface area contributed by atoms with Crippen LogP contribution in [-0.4, -0.2) is 35.9 Å². The van der Waals surface area contributed by atoms with Gasteiger partial charge in [0.25, 0.3) is 11.8 Å². The lowest BCUT2D eigenvalue weighted by Crippen LogP contribution is -2.21. The Morgan fingerprint density at radius 1 is 0.647 bits per heavy atom. The molecule has 34 heavy (non-hydrogen) atoms. The predicted octanol–water partition coefficient (Wildman–Crippen LogP) is 4.33. The van der Waals surface area contributed by atoms with Gasteiger partial charge in [-0.3, -0.25) is 20.2 Å². The maximum absolute atomic E-state index is 12.9. The normalized spacial score (nSPS) is 11.1. The van der Waals surface area contributed by atoms with Crippen molar-refractivity contribution in [1.29, 1.82) is 0 Å². The first-order valence-corrected chi connectivity index (χ1v) is 11.1. The third-order valence-electron chi connectivity index (χ3n) is 5.61. The van der Waals surface area contributed by atoms with Crippen LogP contribution in [0, 0.1) is 0 Å². The molecule has 0 aliphatic heterocycles. The number of nitrogens with zero attached hydrogens (tertiary/aromatic N) is 5. The smallest absolute Gasteiger partial charge is 0.276 e. The number of nitrogens with one attached hydrogen (secondary N) is 2. The first-order valence-electron chi connectivity index (χ1n) is 11.1. The molecule has 0 radical (unpaired) electrons. The number of carbonyl (C=O) groups excluding carboxylic acids is 2. The zero-order valence-corrected chi connectivity index (χ0v) is 18.8. The molecule has 0 spiro atoms. The molecule has 2 amide bonds. The molecule has 9 heteroatoms. The van der Waals surface area contributed by atoms with E-state index in [9.17, 15) is 9.59 Å². The average Bonchev–Trinajstić information content (AvgIpc) is 3.40. The average molecular weight is 454 g/mol. The minimum Gasteiger partial charge on any atom is -0.310 e. The van der Waals surface area contributed by atoms with E-state index in [0.717, 1.165) is 22.1 Å². The Balaban J connectivity index is 1.39. The maximum atomic E-state index is 12.9. The molecule has 9 nitrogen and oxygen atoms in total. The fourth-order valence-corrected chi connectivity index (χ4v) is 4.00. The van der Waals surface area contributed by atoms with Crippen molar-refractivity contribution >= 4 is 45.8 Å². The molecule has 3 heterocycles. The Hall–Kier alpha value is -4.53. The molecule has 0 aliphatic rings. The second-order valence-electron chi connectivity index (χ2n) is 7.65. The summed E-state index contributed by atoms with van der Waals surface area (Å²) in [6.45, 7) is 5.25. The van der Waals surface area contributed by atoms with Gasteiger partial charge >= 0.3 is 0 Å². The zero-order chi connectivity index (χ0) is 23.7. The molecule has 0 saturated heterocycles. The SMILES string of the molecule is CCn1c(NC(=O)c2cccc(C(=O)Nc3nc4ccccc4n3CC)n2)nc2ccccc21. The van der Waals surface area contributed by atoms with E-state index in [1.807, 2.05) is 71.5 Å². The van der Waals surface area contributed by atoms with Crippen LogP contribution in [0.5, 0.6) is 0 Å². The molecule has 2 aromatic carbocycles. The summed E-state index contributed by atoms with van der Waals surface area (Å²) in [5.74, 6) is -0.0232. The largest absolute Gasteiger partial charge is 0.310 e. The molecule has 0 fully saturated rings. The third kappa shape index (κ3) is 3.77. The topological polar surface area (TPSA) is 107 Å². The Morgan fingerprint density at radius 3 is 1.53 bits per heavy atom. The van der Waals surface area contributed by atoms with Gasteiger partial charge in [0.1, 0.15) is 11.4 Å². The number of rotatable bonds is 6. The monoisotopic (exact) mass is 453 g/mol. The standard InChI is InChI=1S/C25H23N7O2/c1-3-31-20-14-7-5-10-16(20)27-24(31)29-22(33)18-12-9-13-19(26-18)23(34)30-25-28-17-11-6-8-15-21(17)32(25)4-2/h5-15H,3-4H2,1-2H3,(H,27,29,33)(H,28,30,34). The van der Waals surface area contributed by atoms with Crippen molar-refractivity contribution in [2.45, 2.75) is 26.9 Å². The minimum atomic E-state index is -0.444. The number of benzene rings is 2. The summed E-state index contributed by atoms with van der Waals surface area (Å²) in [4.78, 5) is 39.2. The number of para-hydroxylation sites is 4. The van der Waals surface area contributed by atoms with E-state index in [1.165, 1.54) is 0 Å². The number of hydrogen-bond donors (Lipinski definition) is 2. The lowest BCUT2D eigenvalue weighted by atomic mass is 10.2. The first kappa shape index (κ1) is 21.3. The summed E-state index contributed by atoms with van der Waals surface area (Å²) in [5.41, 5.74) is 3.68. The van der Waals surface area contributed by atoms with Gasteiger partial charge in [0.15, 0.2) is 0 Å². The maximum Gasteiger partial charge on any atom is 0.276 e. The number of carbonyl (C=O) groups is 2. The number of amides is 2. The molecule has 5 aromatic rings. The van der Waals surface area contributed by atoms with Gasteiger partial charge < -0.3 is 9.13 Å². The fourth-order valence-electron chi connectivity index (χ4n) is 4.00. The second kappa shape index (κ2) is 8.78. The highest BCUT2D eigenvalue weighted by molar-refractivity contribution is 6.06. The molecule has 5 rings (SSSR count). The van der Waals surface area contributed by atoms with E-state index < -0.39 is 11.8 Å². The lowest BCUT2D eigenvalue weighted by molar-refractivity contribution is 0.101. The molecule has 3 aromatic heterocycles. The summed E-state index contributed by atoms with van der Waals surface area (Å²) in [6, 6.07) is 20.1. The Kier molecular flexibility index (Phi) is 5.51. The van der Waals surface area contributed by atoms with Gasteiger partial charge in [-0.25, -0.2) is 15.0 Å². The van der Waals surface area contributed by atoms with Gasteiger partial charge in [0.05, 0.1) is 22.1 Å². The van der Waals surface area contributed by atoms with Crippen LogP contribution in [0.15, 0.2) is 66.7 Å². The number of pyridine rings is 1. The van der Waals surface area contributed by atoms with E-state index >= 15 is 0 Å². The highest BCUT2D eigenvalue weighted by atomic mass is 16.2. The quantitative estimate of drug-likeness (QED) is 0.398. The number of aromatic nitrogens is 5. The van der Waals surface area contributed by atoms with E-state index in [2.05, 4.69) is 25.6 Å². The highest BCUT2D eigenvalue weighted by Gasteiger charge is 2.18. The van der Waals surface area contributed by atoms with Crippen LogP contribution in [0.1, 0.15) is 34.8 Å². The van der Waals surface area contributed by atoms with Crippen molar-refractivity contribution in [1.82, 2.24) is 24.1 Å². The number of aryl methyl sites for hydroxylation is 2. The van der Waals surface area contributed by atoms with E-state index in [1.54, 1.807) is 18.2 Å². The van der Waals surface area contributed by atoms with Gasteiger partial charge in [0, 0.05) is 13.1 Å². The number of hydrogen-bond acceptors (Lipinski definition) is 5. The number of fused-ring (bicyclic) bond motifs is 2. The molecule has 2 N–H and O–H groups in total. The van der Waals surface area contributed by atoms with Crippen LogP contribution >= 0.6 is 0 Å². The van der Waals surface area contributed by atoms with Gasteiger partial charge in [-0.15, -0.1) is 0 Å². The fraction of sp³-hybridized carbons (Fsp3) is 0.160. The van der Waals surface area contributed by atoms with Crippen LogP contribution in [0.4, 0.5) is 11.9 Å². The van der Waals surface area contributed by atoms with Crippen LogP contribution in [0.3, 0.4) is 0 Å². The van der Waals surface area contributed by atoms with E-state index in [0.29, 0.717) is 25.0 Å². The van der Waals surface area contributed by atoms with Crippen LogP contribution in [0.2, 0.25) is 0 Å². The van der Waals surface area contributed by atoms with Crippen molar-refractivity contribution < 1.29 is 9.59 Å². The number of imidazole rings is 2. The van der Waals surface area contributed by atoms with Crippen LogP contribution in [0.25, 0.3) is 22.1 Å². The Bertz CT molecular complexity index is 1420. The molecule has 170 valence electrons. The van der Waals surface area contributed by atoms with Crippen molar-refractivity contribution in [3.63, 3.8) is 0 Å². The van der Waals surface area contributed by atoms with Gasteiger partial charge in [-0.1, -0.05) is 30.3 Å². The van der Waals surface area contributed by atoms with Crippen LogP contribution in [-0.2, 0) is 13.1 Å².